The molecule has 88 valence electrons. The van der Waals surface area contributed by atoms with E-state index in [0.29, 0.717) is 17.3 Å². The summed E-state index contributed by atoms with van der Waals surface area (Å²) < 4.78 is 2.06. The number of hydrogen-bond acceptors (Lipinski definition) is 4. The summed E-state index contributed by atoms with van der Waals surface area (Å²) in [5.74, 6) is 1.61. The topological polar surface area (TPSA) is 68.2 Å². The van der Waals surface area contributed by atoms with Crippen molar-refractivity contribution in [2.45, 2.75) is 25.3 Å². The molecule has 1 aliphatic heterocycles. The Morgan fingerprint density at radius 1 is 1.41 bits per heavy atom. The maximum Gasteiger partial charge on any atom is 0.149 e. The van der Waals surface area contributed by atoms with E-state index >= 15 is 0 Å². The second kappa shape index (κ2) is 2.98. The lowest BCUT2D eigenvalue weighted by atomic mass is 10.0. The largest absolute Gasteiger partial charge is 0.382 e. The van der Waals surface area contributed by atoms with Gasteiger partial charge in [-0.2, -0.15) is 0 Å². The van der Waals surface area contributed by atoms with Gasteiger partial charge in [0, 0.05) is 18.9 Å². The number of nitrogens with two attached hydrogens (primary N) is 1. The molecule has 0 amide bonds. The molecule has 5 nitrogen and oxygen atoms in total. The molecule has 2 aromatic rings. The zero-order valence-corrected chi connectivity index (χ0v) is 9.56. The van der Waals surface area contributed by atoms with Crippen LogP contribution in [0.1, 0.15) is 31.1 Å². The van der Waals surface area contributed by atoms with Crippen LogP contribution < -0.4 is 11.1 Å². The Morgan fingerprint density at radius 2 is 2.29 bits per heavy atom. The number of aromatic nitrogens is 3. The lowest BCUT2D eigenvalue weighted by Crippen LogP contribution is -2.16. The van der Waals surface area contributed by atoms with Crippen LogP contribution in [0.15, 0.2) is 18.6 Å². The Kier molecular flexibility index (Phi) is 1.65. The Balaban J connectivity index is 1.78. The summed E-state index contributed by atoms with van der Waals surface area (Å²) in [5, 5.41) is 3.58. The van der Waals surface area contributed by atoms with Gasteiger partial charge < -0.3 is 11.1 Å². The summed E-state index contributed by atoms with van der Waals surface area (Å²) in [7, 11) is 0. The molecule has 3 N–H and O–H groups in total. The molecule has 0 bridgehead atoms. The zero-order valence-electron chi connectivity index (χ0n) is 9.56. The quantitative estimate of drug-likeness (QED) is 0.769. The molecule has 1 aliphatic carbocycles. The predicted octanol–water partition coefficient (Wildman–Crippen LogP) is 1.13. The van der Waals surface area contributed by atoms with Crippen molar-refractivity contribution in [3.63, 3.8) is 0 Å². The molecule has 1 unspecified atom stereocenters. The van der Waals surface area contributed by atoms with Crippen molar-refractivity contribution in [1.29, 1.82) is 0 Å². The van der Waals surface area contributed by atoms with Gasteiger partial charge in [-0.15, -0.1) is 0 Å². The van der Waals surface area contributed by atoms with Gasteiger partial charge >= 0.3 is 0 Å². The van der Waals surface area contributed by atoms with Crippen LogP contribution in [-0.2, 0) is 0 Å². The first kappa shape index (κ1) is 9.41. The summed E-state index contributed by atoms with van der Waals surface area (Å²) in [6.45, 7) is 1.13. The number of rotatable bonds is 1. The number of anilines is 1. The Labute approximate surface area is 99.1 Å². The summed E-state index contributed by atoms with van der Waals surface area (Å²) in [5.41, 5.74) is 7.32. The standard InChI is InChI=1S/C12H15N5/c13-10-9-6-15-11(17(9)4-3-14-10)8-5-12(1-2-12)7-16-8/h3-4,6,8,16H,1-2,5,7H2,(H2,13,14). The van der Waals surface area contributed by atoms with Crippen molar-refractivity contribution in [3.05, 3.63) is 24.4 Å². The summed E-state index contributed by atoms with van der Waals surface area (Å²) in [4.78, 5) is 8.60. The Hall–Kier alpha value is -1.62. The minimum absolute atomic E-state index is 0.363. The van der Waals surface area contributed by atoms with E-state index in [4.69, 9.17) is 5.73 Å². The second-order valence-electron chi connectivity index (χ2n) is 5.32. The lowest BCUT2D eigenvalue weighted by Gasteiger charge is -2.09. The van der Waals surface area contributed by atoms with Gasteiger partial charge in [-0.1, -0.05) is 0 Å². The van der Waals surface area contributed by atoms with Crippen molar-refractivity contribution in [3.8, 4) is 0 Å². The number of imidazole rings is 1. The normalized spacial score (nSPS) is 25.8. The third kappa shape index (κ3) is 1.29. The van der Waals surface area contributed by atoms with Gasteiger partial charge in [0.1, 0.15) is 17.2 Å². The van der Waals surface area contributed by atoms with Crippen LogP contribution in [0.5, 0.6) is 0 Å². The van der Waals surface area contributed by atoms with E-state index < -0.39 is 0 Å². The van der Waals surface area contributed by atoms with E-state index in [1.807, 2.05) is 12.4 Å². The van der Waals surface area contributed by atoms with Gasteiger partial charge in [0.15, 0.2) is 0 Å². The Morgan fingerprint density at radius 3 is 3.06 bits per heavy atom. The first-order valence-electron chi connectivity index (χ1n) is 6.08. The van der Waals surface area contributed by atoms with Crippen LogP contribution in [-0.4, -0.2) is 20.9 Å². The number of hydrogen-bond donors (Lipinski definition) is 2. The molecule has 1 saturated heterocycles. The van der Waals surface area contributed by atoms with Gasteiger partial charge in [-0.3, -0.25) is 4.40 Å². The van der Waals surface area contributed by atoms with E-state index in [9.17, 15) is 0 Å². The van der Waals surface area contributed by atoms with E-state index in [-0.39, 0.29) is 0 Å². The molecule has 2 aliphatic rings. The molecular formula is C12H15N5. The number of fused-ring (bicyclic) bond motifs is 1. The van der Waals surface area contributed by atoms with Gasteiger partial charge in [0.2, 0.25) is 0 Å². The number of nitrogen functional groups attached to an aromatic ring is 1. The molecule has 1 saturated carbocycles. The Bertz CT molecular complexity index is 584. The summed E-state index contributed by atoms with van der Waals surface area (Å²) in [6, 6.07) is 0.363. The van der Waals surface area contributed by atoms with E-state index in [1.165, 1.54) is 19.3 Å². The number of nitrogens with zero attached hydrogens (tertiary/aromatic N) is 3. The maximum atomic E-state index is 5.84. The third-order valence-corrected chi connectivity index (χ3v) is 4.15. The molecule has 2 aromatic heterocycles. The molecule has 3 heterocycles. The molecule has 17 heavy (non-hydrogen) atoms. The van der Waals surface area contributed by atoms with Gasteiger partial charge in [0.05, 0.1) is 12.2 Å². The van der Waals surface area contributed by atoms with Gasteiger partial charge in [-0.25, -0.2) is 9.97 Å². The van der Waals surface area contributed by atoms with Crippen LogP contribution in [0.2, 0.25) is 0 Å². The van der Waals surface area contributed by atoms with Crippen molar-refractivity contribution in [1.82, 2.24) is 19.7 Å². The van der Waals surface area contributed by atoms with Gasteiger partial charge in [0.25, 0.3) is 0 Å². The van der Waals surface area contributed by atoms with Crippen LogP contribution in [0.25, 0.3) is 5.52 Å². The molecular weight excluding hydrogens is 214 g/mol. The average Bonchev–Trinajstić information content (AvgIpc) is 2.74. The highest BCUT2D eigenvalue weighted by atomic mass is 15.1. The SMILES string of the molecule is Nc1nccn2c(C3CC4(CC4)CN3)ncc12. The fourth-order valence-corrected chi connectivity index (χ4v) is 2.88. The molecule has 4 rings (SSSR count). The van der Waals surface area contributed by atoms with Crippen LogP contribution >= 0.6 is 0 Å². The van der Waals surface area contributed by atoms with Crippen molar-refractivity contribution < 1.29 is 0 Å². The highest BCUT2D eigenvalue weighted by Gasteiger charge is 2.49. The first-order valence-corrected chi connectivity index (χ1v) is 6.08. The molecule has 0 aromatic carbocycles. The molecule has 1 spiro atoms. The lowest BCUT2D eigenvalue weighted by molar-refractivity contribution is 0.539. The zero-order chi connectivity index (χ0) is 11.5. The van der Waals surface area contributed by atoms with E-state index in [0.717, 1.165) is 17.9 Å². The smallest absolute Gasteiger partial charge is 0.149 e. The van der Waals surface area contributed by atoms with Crippen LogP contribution in [0, 0.1) is 5.41 Å². The van der Waals surface area contributed by atoms with Crippen molar-refractivity contribution in [2.75, 3.05) is 12.3 Å². The van der Waals surface area contributed by atoms with Crippen molar-refractivity contribution in [2.24, 2.45) is 5.41 Å². The minimum Gasteiger partial charge on any atom is -0.382 e. The monoisotopic (exact) mass is 229 g/mol. The molecule has 5 heteroatoms. The molecule has 1 atom stereocenters. The predicted molar refractivity (Wildman–Crippen MR) is 64.4 cm³/mol. The first-order chi connectivity index (χ1) is 8.27. The van der Waals surface area contributed by atoms with Crippen LogP contribution in [0.3, 0.4) is 0 Å². The minimum atomic E-state index is 0.363. The highest BCUT2D eigenvalue weighted by Crippen LogP contribution is 2.54. The maximum absolute atomic E-state index is 5.84. The van der Waals surface area contributed by atoms with Crippen molar-refractivity contribution >= 4 is 11.3 Å². The van der Waals surface area contributed by atoms with E-state index in [1.54, 1.807) is 6.20 Å². The van der Waals surface area contributed by atoms with Crippen LogP contribution in [0.4, 0.5) is 5.82 Å². The third-order valence-electron chi connectivity index (χ3n) is 4.15. The van der Waals surface area contributed by atoms with Gasteiger partial charge in [-0.05, 0) is 24.7 Å². The average molecular weight is 229 g/mol. The molecule has 2 fully saturated rings. The summed E-state index contributed by atoms with van der Waals surface area (Å²) in [6.07, 6.45) is 9.42. The second-order valence-corrected chi connectivity index (χ2v) is 5.32. The fraction of sp³-hybridized carbons (Fsp3) is 0.500. The fourth-order valence-electron chi connectivity index (χ4n) is 2.88. The molecule has 0 radical (unpaired) electrons. The number of nitrogens with one attached hydrogen (secondary N) is 1. The summed E-state index contributed by atoms with van der Waals surface area (Å²) >= 11 is 0. The highest BCUT2D eigenvalue weighted by molar-refractivity contribution is 5.64. The van der Waals surface area contributed by atoms with E-state index in [2.05, 4.69) is 19.7 Å².